The van der Waals surface area contributed by atoms with Crippen LogP contribution in [0.1, 0.15) is 17.9 Å². The molecule has 0 radical (unpaired) electrons. The first-order valence-corrected chi connectivity index (χ1v) is 5.57. The Labute approximate surface area is 99.1 Å². The predicted octanol–water partition coefficient (Wildman–Crippen LogP) is 2.75. The van der Waals surface area contributed by atoms with E-state index in [1.165, 1.54) is 18.2 Å². The molecule has 2 N–H and O–H groups in total. The zero-order valence-corrected chi connectivity index (χ0v) is 9.46. The summed E-state index contributed by atoms with van der Waals surface area (Å²) in [5.41, 5.74) is 6.34. The molecular formula is C13H15F2NO. The smallest absolute Gasteiger partial charge is 0.139 e. The number of hydrogen-bond donors (Lipinski definition) is 1. The Morgan fingerprint density at radius 1 is 1.53 bits per heavy atom. The zero-order valence-electron chi connectivity index (χ0n) is 9.46. The van der Waals surface area contributed by atoms with E-state index in [9.17, 15) is 8.78 Å². The fourth-order valence-corrected chi connectivity index (χ4v) is 1.99. The Balaban J connectivity index is 2.16. The van der Waals surface area contributed by atoms with E-state index in [-0.39, 0.29) is 18.3 Å². The van der Waals surface area contributed by atoms with E-state index in [0.29, 0.717) is 18.2 Å². The summed E-state index contributed by atoms with van der Waals surface area (Å²) in [6, 6.07) is 4.27. The van der Waals surface area contributed by atoms with Gasteiger partial charge in [-0.3, -0.25) is 0 Å². The maximum atomic E-state index is 13.2. The summed E-state index contributed by atoms with van der Waals surface area (Å²) >= 11 is 0. The van der Waals surface area contributed by atoms with Crippen molar-refractivity contribution in [3.05, 3.63) is 42.0 Å². The molecule has 1 aliphatic rings. The Hall–Kier alpha value is -1.42. The van der Waals surface area contributed by atoms with E-state index in [1.54, 1.807) is 0 Å². The molecule has 1 fully saturated rings. The average molecular weight is 239 g/mol. The fraction of sp³-hybridized carbons (Fsp3) is 0.385. The van der Waals surface area contributed by atoms with Crippen LogP contribution in [0.5, 0.6) is 5.75 Å². The van der Waals surface area contributed by atoms with Crippen molar-refractivity contribution < 1.29 is 13.5 Å². The highest BCUT2D eigenvalue weighted by molar-refractivity contribution is 5.40. The lowest BCUT2D eigenvalue weighted by Gasteiger charge is -2.10. The molecular weight excluding hydrogens is 224 g/mol. The normalized spacial score (nSPS) is 22.3. The van der Waals surface area contributed by atoms with Crippen LogP contribution in [0.4, 0.5) is 8.78 Å². The number of hydrogen-bond acceptors (Lipinski definition) is 2. The molecule has 2 atom stereocenters. The molecule has 2 nitrogen and oxygen atoms in total. The second-order valence-corrected chi connectivity index (χ2v) is 4.33. The van der Waals surface area contributed by atoms with E-state index in [4.69, 9.17) is 10.5 Å². The third-order valence-corrected chi connectivity index (χ3v) is 2.98. The molecule has 0 aromatic heterocycles. The lowest BCUT2D eigenvalue weighted by atomic mass is 10.1. The lowest BCUT2D eigenvalue weighted by molar-refractivity contribution is 0.316. The standard InChI is InChI=1S/C13H15F2NO/c1-8(14)7-17-13-3-2-10(15)5-12(13)11-4-9(11)6-16/h2-3,5,9,11H,1,4,6-7,16H2/t9-,11+/m1/s1. The number of nitrogens with two attached hydrogens (primary N) is 1. The molecule has 0 amide bonds. The van der Waals surface area contributed by atoms with E-state index < -0.39 is 5.83 Å². The summed E-state index contributed by atoms with van der Waals surface area (Å²) in [5, 5.41) is 0. The van der Waals surface area contributed by atoms with Crippen molar-refractivity contribution in [2.75, 3.05) is 13.2 Å². The largest absolute Gasteiger partial charge is 0.486 e. The van der Waals surface area contributed by atoms with Crippen LogP contribution >= 0.6 is 0 Å². The van der Waals surface area contributed by atoms with Crippen molar-refractivity contribution in [2.45, 2.75) is 12.3 Å². The summed E-state index contributed by atoms with van der Waals surface area (Å²) < 4.78 is 31.0. The lowest BCUT2D eigenvalue weighted by Crippen LogP contribution is -2.04. The Morgan fingerprint density at radius 3 is 2.88 bits per heavy atom. The van der Waals surface area contributed by atoms with Crippen LogP contribution in [0.15, 0.2) is 30.6 Å². The van der Waals surface area contributed by atoms with Crippen molar-refractivity contribution >= 4 is 0 Å². The molecule has 1 saturated carbocycles. The highest BCUT2D eigenvalue weighted by Gasteiger charge is 2.39. The van der Waals surface area contributed by atoms with E-state index in [2.05, 4.69) is 6.58 Å². The Bertz CT molecular complexity index is 433. The fourth-order valence-electron chi connectivity index (χ4n) is 1.99. The van der Waals surface area contributed by atoms with Crippen LogP contribution < -0.4 is 10.5 Å². The van der Waals surface area contributed by atoms with Crippen molar-refractivity contribution in [1.29, 1.82) is 0 Å². The third kappa shape index (κ3) is 2.82. The van der Waals surface area contributed by atoms with Crippen LogP contribution in [0, 0.1) is 11.7 Å². The summed E-state index contributed by atoms with van der Waals surface area (Å²) in [7, 11) is 0. The first kappa shape index (κ1) is 12.0. The van der Waals surface area contributed by atoms with Crippen molar-refractivity contribution in [3.8, 4) is 5.75 Å². The summed E-state index contributed by atoms with van der Waals surface area (Å²) in [6.45, 7) is 3.51. The predicted molar refractivity (Wildman–Crippen MR) is 62.0 cm³/mol. The van der Waals surface area contributed by atoms with Gasteiger partial charge >= 0.3 is 0 Å². The van der Waals surface area contributed by atoms with Crippen LogP contribution in [0.25, 0.3) is 0 Å². The highest BCUT2D eigenvalue weighted by atomic mass is 19.1. The van der Waals surface area contributed by atoms with Gasteiger partial charge in [-0.15, -0.1) is 0 Å². The van der Waals surface area contributed by atoms with Gasteiger partial charge in [0.15, 0.2) is 0 Å². The highest BCUT2D eigenvalue weighted by Crippen LogP contribution is 2.49. The molecule has 0 saturated heterocycles. The molecule has 1 aliphatic carbocycles. The zero-order chi connectivity index (χ0) is 12.4. The molecule has 1 aromatic carbocycles. The molecule has 0 heterocycles. The van der Waals surface area contributed by atoms with Gasteiger partial charge in [0, 0.05) is 5.56 Å². The van der Waals surface area contributed by atoms with Gasteiger partial charge in [-0.05, 0) is 43.0 Å². The van der Waals surface area contributed by atoms with Crippen LogP contribution in [-0.4, -0.2) is 13.2 Å². The third-order valence-electron chi connectivity index (χ3n) is 2.98. The van der Waals surface area contributed by atoms with Gasteiger partial charge in [0.2, 0.25) is 0 Å². The molecule has 1 aromatic rings. The molecule has 92 valence electrons. The van der Waals surface area contributed by atoms with Gasteiger partial charge in [-0.25, -0.2) is 8.78 Å². The van der Waals surface area contributed by atoms with Crippen molar-refractivity contribution in [1.82, 2.24) is 0 Å². The molecule has 0 bridgehead atoms. The average Bonchev–Trinajstić information content (AvgIpc) is 3.06. The van der Waals surface area contributed by atoms with Gasteiger partial charge < -0.3 is 10.5 Å². The van der Waals surface area contributed by atoms with E-state index >= 15 is 0 Å². The maximum absolute atomic E-state index is 13.2. The number of ether oxygens (including phenoxy) is 1. The van der Waals surface area contributed by atoms with E-state index in [0.717, 1.165) is 12.0 Å². The summed E-state index contributed by atoms with van der Waals surface area (Å²) in [5.74, 6) is 0.276. The first-order chi connectivity index (χ1) is 8.11. The topological polar surface area (TPSA) is 35.2 Å². The summed E-state index contributed by atoms with van der Waals surface area (Å²) in [6.07, 6.45) is 0.937. The molecule has 0 unspecified atom stereocenters. The van der Waals surface area contributed by atoms with Gasteiger partial charge in [0.25, 0.3) is 0 Å². The molecule has 2 rings (SSSR count). The second-order valence-electron chi connectivity index (χ2n) is 4.33. The van der Waals surface area contributed by atoms with Gasteiger partial charge in [0.1, 0.15) is 24.0 Å². The SMILES string of the molecule is C=C(F)COc1ccc(F)cc1[C@H]1C[C@@H]1CN. The van der Waals surface area contributed by atoms with Crippen LogP contribution in [-0.2, 0) is 0 Å². The van der Waals surface area contributed by atoms with Gasteiger partial charge in [-0.1, -0.05) is 6.58 Å². The first-order valence-electron chi connectivity index (χ1n) is 5.57. The second kappa shape index (κ2) is 4.84. The van der Waals surface area contributed by atoms with Gasteiger partial charge in [-0.2, -0.15) is 0 Å². The minimum absolute atomic E-state index is 0.196. The minimum Gasteiger partial charge on any atom is -0.486 e. The molecule has 4 heteroatoms. The van der Waals surface area contributed by atoms with Crippen molar-refractivity contribution in [2.24, 2.45) is 11.7 Å². The number of benzene rings is 1. The molecule has 17 heavy (non-hydrogen) atoms. The van der Waals surface area contributed by atoms with Gasteiger partial charge in [0.05, 0.1) is 0 Å². The number of halogens is 2. The monoisotopic (exact) mass is 239 g/mol. The van der Waals surface area contributed by atoms with Crippen molar-refractivity contribution in [3.63, 3.8) is 0 Å². The molecule has 0 spiro atoms. The summed E-state index contributed by atoms with van der Waals surface area (Å²) in [4.78, 5) is 0. The number of rotatable bonds is 5. The quantitative estimate of drug-likeness (QED) is 0.857. The van der Waals surface area contributed by atoms with Crippen LogP contribution in [0.3, 0.4) is 0 Å². The minimum atomic E-state index is -0.550. The van der Waals surface area contributed by atoms with E-state index in [1.807, 2.05) is 0 Å². The van der Waals surface area contributed by atoms with Crippen LogP contribution in [0.2, 0.25) is 0 Å². The Kier molecular flexibility index (Phi) is 3.43. The maximum Gasteiger partial charge on any atom is 0.139 e. The Morgan fingerprint density at radius 2 is 2.29 bits per heavy atom. The molecule has 0 aliphatic heterocycles.